The van der Waals surface area contributed by atoms with E-state index in [9.17, 15) is 19.7 Å². The van der Waals surface area contributed by atoms with Gasteiger partial charge in [0.05, 0.1) is 10.5 Å². The molecule has 2 atom stereocenters. The van der Waals surface area contributed by atoms with Gasteiger partial charge < -0.3 is 9.84 Å². The lowest BCUT2D eigenvalue weighted by Gasteiger charge is -2.24. The Morgan fingerprint density at radius 3 is 3.00 bits per heavy atom. The predicted octanol–water partition coefficient (Wildman–Crippen LogP) is 2.03. The summed E-state index contributed by atoms with van der Waals surface area (Å²) in [5.41, 5.74) is 0.836. The molecule has 1 fully saturated rings. The van der Waals surface area contributed by atoms with Crippen molar-refractivity contribution in [3.63, 3.8) is 0 Å². The van der Waals surface area contributed by atoms with E-state index in [-0.39, 0.29) is 5.69 Å². The Morgan fingerprint density at radius 1 is 1.55 bits per heavy atom. The van der Waals surface area contributed by atoms with Crippen LogP contribution in [-0.2, 0) is 4.74 Å². The molecule has 0 saturated carbocycles. The number of carboxylic acid groups (broad SMARTS) is 1. The average molecular weight is 305 g/mol. The predicted molar refractivity (Wildman–Crippen MR) is 72.0 cm³/mol. The Kier molecular flexibility index (Phi) is 3.24. The van der Waals surface area contributed by atoms with Crippen LogP contribution in [0.4, 0.5) is 15.3 Å². The van der Waals surface area contributed by atoms with Gasteiger partial charge in [0.2, 0.25) is 0 Å². The molecule has 2 heterocycles. The van der Waals surface area contributed by atoms with Crippen LogP contribution in [0, 0.1) is 10.1 Å². The van der Waals surface area contributed by atoms with Gasteiger partial charge in [0.25, 0.3) is 5.69 Å². The standard InChI is InChI=1S/C13H11N3O6/c17-12(18)15-9-5-7(1-2-11(9)22-13(15)19)8-3-4-14-6-10(8)16(20)21/h3-6,9,11H,1-2H2,(H,17,18). The molecule has 9 nitrogen and oxygen atoms in total. The van der Waals surface area contributed by atoms with Crippen molar-refractivity contribution in [2.24, 2.45) is 0 Å². The van der Waals surface area contributed by atoms with Gasteiger partial charge in [-0.3, -0.25) is 15.1 Å². The second kappa shape index (κ2) is 5.10. The van der Waals surface area contributed by atoms with Crippen molar-refractivity contribution in [3.05, 3.63) is 40.2 Å². The molecule has 22 heavy (non-hydrogen) atoms. The van der Waals surface area contributed by atoms with Crippen LogP contribution in [0.2, 0.25) is 0 Å². The molecule has 0 bridgehead atoms. The van der Waals surface area contributed by atoms with Gasteiger partial charge >= 0.3 is 12.2 Å². The van der Waals surface area contributed by atoms with E-state index in [2.05, 4.69) is 4.98 Å². The molecule has 114 valence electrons. The number of carbonyl (C=O) groups excluding carboxylic acids is 1. The molecule has 9 heteroatoms. The second-order valence-electron chi connectivity index (χ2n) is 4.95. The van der Waals surface area contributed by atoms with Gasteiger partial charge in [-0.25, -0.2) is 14.5 Å². The normalized spacial score (nSPS) is 23.5. The largest absolute Gasteiger partial charge is 0.465 e. The van der Waals surface area contributed by atoms with Crippen molar-refractivity contribution in [1.82, 2.24) is 9.88 Å². The lowest BCUT2D eigenvalue weighted by Crippen LogP contribution is -2.40. The van der Waals surface area contributed by atoms with E-state index < -0.39 is 29.3 Å². The molecule has 1 aliphatic carbocycles. The zero-order valence-corrected chi connectivity index (χ0v) is 11.2. The van der Waals surface area contributed by atoms with E-state index in [0.29, 0.717) is 28.9 Å². The van der Waals surface area contributed by atoms with E-state index in [0.717, 1.165) is 6.20 Å². The van der Waals surface area contributed by atoms with Crippen molar-refractivity contribution in [3.8, 4) is 0 Å². The molecule has 1 N–H and O–H groups in total. The van der Waals surface area contributed by atoms with E-state index in [1.54, 1.807) is 6.08 Å². The Labute approximate surface area is 124 Å². The van der Waals surface area contributed by atoms with Crippen LogP contribution in [0.15, 0.2) is 24.5 Å². The lowest BCUT2D eigenvalue weighted by atomic mass is 9.89. The Balaban J connectivity index is 2.02. The van der Waals surface area contributed by atoms with Crippen LogP contribution in [-0.4, -0.2) is 44.2 Å². The molecule has 1 aliphatic heterocycles. The number of nitro groups is 1. The molecule has 0 spiro atoms. The Hall–Kier alpha value is -2.97. The molecule has 2 unspecified atom stereocenters. The second-order valence-corrected chi connectivity index (χ2v) is 4.95. The fourth-order valence-corrected chi connectivity index (χ4v) is 2.78. The number of hydrogen-bond acceptors (Lipinski definition) is 6. The van der Waals surface area contributed by atoms with Gasteiger partial charge in [0.1, 0.15) is 18.3 Å². The number of fused-ring (bicyclic) bond motifs is 1. The maximum absolute atomic E-state index is 11.6. The topological polar surface area (TPSA) is 123 Å². The fourth-order valence-electron chi connectivity index (χ4n) is 2.78. The third-order valence-corrected chi connectivity index (χ3v) is 3.75. The van der Waals surface area contributed by atoms with Gasteiger partial charge in [0, 0.05) is 6.20 Å². The minimum absolute atomic E-state index is 0.153. The van der Waals surface area contributed by atoms with Crippen LogP contribution in [0.1, 0.15) is 18.4 Å². The van der Waals surface area contributed by atoms with Gasteiger partial charge in [-0.1, -0.05) is 6.08 Å². The minimum Gasteiger partial charge on any atom is -0.465 e. The molecule has 0 aromatic carbocycles. The van der Waals surface area contributed by atoms with Gasteiger partial charge in [-0.2, -0.15) is 0 Å². The number of imide groups is 1. The lowest BCUT2D eigenvalue weighted by molar-refractivity contribution is -0.385. The summed E-state index contributed by atoms with van der Waals surface area (Å²) < 4.78 is 5.02. The van der Waals surface area contributed by atoms with Crippen molar-refractivity contribution >= 4 is 23.4 Å². The molecular formula is C13H11N3O6. The van der Waals surface area contributed by atoms with E-state index in [4.69, 9.17) is 9.84 Å². The zero-order chi connectivity index (χ0) is 15.9. The third kappa shape index (κ3) is 2.16. The Bertz CT molecular complexity index is 701. The number of allylic oxidation sites excluding steroid dienone is 1. The summed E-state index contributed by atoms with van der Waals surface area (Å²) in [6.07, 6.45) is 2.12. The van der Waals surface area contributed by atoms with Crippen LogP contribution >= 0.6 is 0 Å². The smallest absolute Gasteiger partial charge is 0.420 e. The van der Waals surface area contributed by atoms with Gasteiger partial charge in [-0.05, 0) is 24.5 Å². The maximum Gasteiger partial charge on any atom is 0.420 e. The first kappa shape index (κ1) is 14.0. The quantitative estimate of drug-likeness (QED) is 0.655. The number of ether oxygens (including phenoxy) is 1. The van der Waals surface area contributed by atoms with Crippen LogP contribution in [0.5, 0.6) is 0 Å². The number of hydrogen-bond donors (Lipinski definition) is 1. The molecule has 1 aromatic heterocycles. The summed E-state index contributed by atoms with van der Waals surface area (Å²) in [6, 6.07) is 0.744. The van der Waals surface area contributed by atoms with Gasteiger partial charge in [-0.15, -0.1) is 0 Å². The van der Waals surface area contributed by atoms with Crippen molar-refractivity contribution < 1.29 is 24.4 Å². The van der Waals surface area contributed by atoms with Gasteiger partial charge in [0.15, 0.2) is 0 Å². The summed E-state index contributed by atoms with van der Waals surface area (Å²) in [7, 11) is 0. The number of amides is 2. The van der Waals surface area contributed by atoms with Crippen LogP contribution in [0.3, 0.4) is 0 Å². The average Bonchev–Trinajstić information content (AvgIpc) is 2.82. The number of nitrogens with zero attached hydrogens (tertiary/aromatic N) is 3. The van der Waals surface area contributed by atoms with Crippen molar-refractivity contribution in [2.45, 2.75) is 25.0 Å². The summed E-state index contributed by atoms with van der Waals surface area (Å²) in [5.74, 6) is 0. The van der Waals surface area contributed by atoms with Crippen molar-refractivity contribution in [1.29, 1.82) is 0 Å². The third-order valence-electron chi connectivity index (χ3n) is 3.75. The number of carbonyl (C=O) groups is 2. The molecular weight excluding hydrogens is 294 g/mol. The Morgan fingerprint density at radius 2 is 2.32 bits per heavy atom. The monoisotopic (exact) mass is 305 g/mol. The van der Waals surface area contributed by atoms with E-state index >= 15 is 0 Å². The molecule has 3 rings (SSSR count). The first-order valence-electron chi connectivity index (χ1n) is 6.51. The van der Waals surface area contributed by atoms with E-state index in [1.165, 1.54) is 12.3 Å². The fraction of sp³-hybridized carbons (Fsp3) is 0.308. The van der Waals surface area contributed by atoms with Crippen LogP contribution < -0.4 is 0 Å². The summed E-state index contributed by atoms with van der Waals surface area (Å²) >= 11 is 0. The summed E-state index contributed by atoms with van der Waals surface area (Å²) in [5, 5.41) is 20.2. The highest BCUT2D eigenvalue weighted by molar-refractivity contribution is 5.90. The molecule has 0 radical (unpaired) electrons. The first-order chi connectivity index (χ1) is 10.5. The highest BCUT2D eigenvalue weighted by Crippen LogP contribution is 2.37. The first-order valence-corrected chi connectivity index (χ1v) is 6.51. The maximum atomic E-state index is 11.6. The van der Waals surface area contributed by atoms with Crippen LogP contribution in [0.25, 0.3) is 5.57 Å². The number of rotatable bonds is 2. The van der Waals surface area contributed by atoms with E-state index in [1.807, 2.05) is 0 Å². The highest BCUT2D eigenvalue weighted by atomic mass is 16.6. The van der Waals surface area contributed by atoms with Crippen molar-refractivity contribution in [2.75, 3.05) is 0 Å². The highest BCUT2D eigenvalue weighted by Gasteiger charge is 2.46. The summed E-state index contributed by atoms with van der Waals surface area (Å²) in [6.45, 7) is 0. The molecule has 1 saturated heterocycles. The minimum atomic E-state index is -1.40. The SMILES string of the molecule is O=C(O)N1C(=O)OC2CCC(c3ccncc3[N+](=O)[O-])=CC21. The summed E-state index contributed by atoms with van der Waals surface area (Å²) in [4.78, 5) is 37.6. The molecule has 2 amide bonds. The zero-order valence-electron chi connectivity index (χ0n) is 11.2. The number of pyridine rings is 1. The number of aromatic nitrogens is 1. The molecule has 2 aliphatic rings. The molecule has 1 aromatic rings.